The second-order valence-corrected chi connectivity index (χ2v) is 4.95. The first-order chi connectivity index (χ1) is 6.86. The molecule has 2 nitrogen and oxygen atoms in total. The van der Waals surface area contributed by atoms with Crippen LogP contribution in [0.3, 0.4) is 0 Å². The second kappa shape index (κ2) is 4.68. The molecule has 0 aliphatic rings. The highest BCUT2D eigenvalue weighted by molar-refractivity contribution is 7.10. The van der Waals surface area contributed by atoms with Crippen LogP contribution >= 0.6 is 22.7 Å². The number of aliphatic hydroxyl groups excluding tert-OH is 1. The second-order valence-electron chi connectivity index (χ2n) is 3.00. The van der Waals surface area contributed by atoms with Crippen molar-refractivity contribution in [1.29, 1.82) is 0 Å². The molecule has 2 heterocycles. The standard InChI is InChI=1S/C10H11NOS2/c12-8(9-2-1-6-13-9)3-4-10-11-5-7-14-10/h1-2,5-8,12H,3-4H2. The van der Waals surface area contributed by atoms with Crippen LogP contribution in [0.15, 0.2) is 29.1 Å². The maximum Gasteiger partial charge on any atom is 0.0925 e. The minimum Gasteiger partial charge on any atom is -0.388 e. The normalized spacial score (nSPS) is 12.9. The van der Waals surface area contributed by atoms with Gasteiger partial charge in [0.15, 0.2) is 0 Å². The molecule has 2 aromatic heterocycles. The molecule has 4 heteroatoms. The summed E-state index contributed by atoms with van der Waals surface area (Å²) in [5, 5.41) is 14.8. The van der Waals surface area contributed by atoms with E-state index in [9.17, 15) is 5.11 Å². The van der Waals surface area contributed by atoms with E-state index in [0.29, 0.717) is 0 Å². The van der Waals surface area contributed by atoms with Crippen LogP contribution in [0, 0.1) is 0 Å². The Labute approximate surface area is 90.9 Å². The van der Waals surface area contributed by atoms with Crippen molar-refractivity contribution in [1.82, 2.24) is 4.98 Å². The summed E-state index contributed by atoms with van der Waals surface area (Å²) in [6.07, 6.45) is 3.08. The minimum atomic E-state index is -0.334. The van der Waals surface area contributed by atoms with Gasteiger partial charge in [-0.2, -0.15) is 0 Å². The Morgan fingerprint density at radius 1 is 1.36 bits per heavy atom. The first-order valence-corrected chi connectivity index (χ1v) is 6.22. The fraction of sp³-hybridized carbons (Fsp3) is 0.300. The lowest BCUT2D eigenvalue weighted by Crippen LogP contribution is -1.96. The molecule has 0 spiro atoms. The smallest absolute Gasteiger partial charge is 0.0925 e. The number of aliphatic hydroxyl groups is 1. The zero-order valence-electron chi connectivity index (χ0n) is 7.59. The van der Waals surface area contributed by atoms with Gasteiger partial charge >= 0.3 is 0 Å². The van der Waals surface area contributed by atoms with Crippen molar-refractivity contribution in [3.63, 3.8) is 0 Å². The van der Waals surface area contributed by atoms with Crippen molar-refractivity contribution in [3.05, 3.63) is 39.0 Å². The molecule has 1 N–H and O–H groups in total. The highest BCUT2D eigenvalue weighted by atomic mass is 32.1. The monoisotopic (exact) mass is 225 g/mol. The number of thiazole rings is 1. The van der Waals surface area contributed by atoms with Gasteiger partial charge in [-0.15, -0.1) is 22.7 Å². The number of hydrogen-bond acceptors (Lipinski definition) is 4. The lowest BCUT2D eigenvalue weighted by atomic mass is 10.2. The molecular formula is C10H11NOS2. The van der Waals surface area contributed by atoms with Gasteiger partial charge in [0.25, 0.3) is 0 Å². The van der Waals surface area contributed by atoms with Gasteiger partial charge in [0.1, 0.15) is 0 Å². The third-order valence-electron chi connectivity index (χ3n) is 1.99. The summed E-state index contributed by atoms with van der Waals surface area (Å²) >= 11 is 3.24. The Kier molecular flexibility index (Phi) is 3.29. The zero-order valence-corrected chi connectivity index (χ0v) is 9.22. The molecule has 0 aromatic carbocycles. The molecule has 74 valence electrons. The van der Waals surface area contributed by atoms with E-state index in [4.69, 9.17) is 0 Å². The van der Waals surface area contributed by atoms with E-state index in [-0.39, 0.29) is 6.10 Å². The van der Waals surface area contributed by atoms with E-state index < -0.39 is 0 Å². The molecular weight excluding hydrogens is 214 g/mol. The first kappa shape index (κ1) is 9.83. The molecule has 0 radical (unpaired) electrons. The highest BCUT2D eigenvalue weighted by Gasteiger charge is 2.08. The Balaban J connectivity index is 1.87. The van der Waals surface area contributed by atoms with Gasteiger partial charge in [-0.25, -0.2) is 4.98 Å². The SMILES string of the molecule is OC(CCc1nccs1)c1cccs1. The lowest BCUT2D eigenvalue weighted by molar-refractivity contribution is 0.171. The molecule has 1 unspecified atom stereocenters. The third kappa shape index (κ3) is 2.41. The van der Waals surface area contributed by atoms with Crippen molar-refractivity contribution in [3.8, 4) is 0 Å². The number of thiophene rings is 1. The lowest BCUT2D eigenvalue weighted by Gasteiger charge is -2.05. The maximum absolute atomic E-state index is 9.80. The fourth-order valence-corrected chi connectivity index (χ4v) is 2.64. The molecule has 0 saturated heterocycles. The van der Waals surface area contributed by atoms with Crippen LogP contribution in [0.1, 0.15) is 22.4 Å². The number of aryl methyl sites for hydroxylation is 1. The average Bonchev–Trinajstić information content (AvgIpc) is 2.87. The molecule has 0 aliphatic carbocycles. The van der Waals surface area contributed by atoms with Crippen LogP contribution in [-0.4, -0.2) is 10.1 Å². The molecule has 0 fully saturated rings. The predicted molar refractivity (Wildman–Crippen MR) is 59.7 cm³/mol. The van der Waals surface area contributed by atoms with Crippen molar-refractivity contribution >= 4 is 22.7 Å². The van der Waals surface area contributed by atoms with Crippen LogP contribution in [0.2, 0.25) is 0 Å². The van der Waals surface area contributed by atoms with E-state index in [0.717, 1.165) is 22.7 Å². The van der Waals surface area contributed by atoms with Gasteiger partial charge in [0.2, 0.25) is 0 Å². The number of hydrogen-bond donors (Lipinski definition) is 1. The van der Waals surface area contributed by atoms with E-state index in [2.05, 4.69) is 4.98 Å². The highest BCUT2D eigenvalue weighted by Crippen LogP contribution is 2.23. The molecule has 0 amide bonds. The predicted octanol–water partition coefficient (Wildman–Crippen LogP) is 2.87. The summed E-state index contributed by atoms with van der Waals surface area (Å²) in [4.78, 5) is 5.22. The van der Waals surface area contributed by atoms with Crippen molar-refractivity contribution in [2.45, 2.75) is 18.9 Å². The Hall–Kier alpha value is -0.710. The average molecular weight is 225 g/mol. The van der Waals surface area contributed by atoms with Gasteiger partial charge in [0.05, 0.1) is 11.1 Å². The molecule has 2 rings (SSSR count). The van der Waals surface area contributed by atoms with Gasteiger partial charge in [-0.1, -0.05) is 6.07 Å². The summed E-state index contributed by atoms with van der Waals surface area (Å²) in [6.45, 7) is 0. The van der Waals surface area contributed by atoms with Crippen LogP contribution in [0.25, 0.3) is 0 Å². The maximum atomic E-state index is 9.80. The Morgan fingerprint density at radius 2 is 2.29 bits per heavy atom. The van der Waals surface area contributed by atoms with Gasteiger partial charge in [-0.3, -0.25) is 0 Å². The topological polar surface area (TPSA) is 33.1 Å². The van der Waals surface area contributed by atoms with Crippen LogP contribution < -0.4 is 0 Å². The summed E-state index contributed by atoms with van der Waals surface area (Å²) < 4.78 is 0. The van der Waals surface area contributed by atoms with E-state index in [1.165, 1.54) is 0 Å². The van der Waals surface area contributed by atoms with E-state index in [1.54, 1.807) is 28.9 Å². The summed E-state index contributed by atoms with van der Waals surface area (Å²) in [7, 11) is 0. The number of rotatable bonds is 4. The molecule has 0 saturated carbocycles. The van der Waals surface area contributed by atoms with Crippen LogP contribution in [-0.2, 0) is 6.42 Å². The Bertz CT molecular complexity index is 355. The fourth-order valence-electron chi connectivity index (χ4n) is 1.26. The van der Waals surface area contributed by atoms with Crippen molar-refractivity contribution in [2.75, 3.05) is 0 Å². The van der Waals surface area contributed by atoms with Gasteiger partial charge < -0.3 is 5.11 Å². The quantitative estimate of drug-likeness (QED) is 0.868. The van der Waals surface area contributed by atoms with E-state index >= 15 is 0 Å². The zero-order chi connectivity index (χ0) is 9.80. The largest absolute Gasteiger partial charge is 0.388 e. The molecule has 2 aromatic rings. The minimum absolute atomic E-state index is 0.334. The third-order valence-corrected chi connectivity index (χ3v) is 3.80. The van der Waals surface area contributed by atoms with Crippen LogP contribution in [0.5, 0.6) is 0 Å². The molecule has 0 bridgehead atoms. The Morgan fingerprint density at radius 3 is 2.93 bits per heavy atom. The number of aromatic nitrogens is 1. The van der Waals surface area contributed by atoms with Crippen molar-refractivity contribution in [2.24, 2.45) is 0 Å². The van der Waals surface area contributed by atoms with Gasteiger partial charge in [-0.05, 0) is 17.9 Å². The van der Waals surface area contributed by atoms with Crippen LogP contribution in [0.4, 0.5) is 0 Å². The summed E-state index contributed by atoms with van der Waals surface area (Å²) in [5.41, 5.74) is 0. The van der Waals surface area contributed by atoms with Gasteiger partial charge in [0, 0.05) is 22.9 Å². The first-order valence-electron chi connectivity index (χ1n) is 4.46. The molecule has 1 atom stereocenters. The summed E-state index contributed by atoms with van der Waals surface area (Å²) in [6, 6.07) is 3.93. The number of nitrogens with zero attached hydrogens (tertiary/aromatic N) is 1. The molecule has 0 aliphatic heterocycles. The molecule has 14 heavy (non-hydrogen) atoms. The van der Waals surface area contributed by atoms with E-state index in [1.807, 2.05) is 22.9 Å². The summed E-state index contributed by atoms with van der Waals surface area (Å²) in [5.74, 6) is 0. The van der Waals surface area contributed by atoms with Crippen molar-refractivity contribution < 1.29 is 5.11 Å².